The third kappa shape index (κ3) is 4.45. The summed E-state index contributed by atoms with van der Waals surface area (Å²) >= 11 is 3.14. The van der Waals surface area contributed by atoms with E-state index >= 15 is 0 Å². The average molecular weight is 516 g/mol. The summed E-state index contributed by atoms with van der Waals surface area (Å²) in [4.78, 5) is 27.4. The van der Waals surface area contributed by atoms with Crippen molar-refractivity contribution in [3.63, 3.8) is 0 Å². The molecule has 172 valence electrons. The third-order valence-electron chi connectivity index (χ3n) is 6.01. The molecule has 4 heterocycles. The lowest BCUT2D eigenvalue weighted by molar-refractivity contribution is 0.106. The van der Waals surface area contributed by atoms with Crippen molar-refractivity contribution < 1.29 is 18.7 Å². The van der Waals surface area contributed by atoms with E-state index in [1.54, 1.807) is 25.4 Å². The van der Waals surface area contributed by atoms with E-state index in [2.05, 4.69) is 35.7 Å². The van der Waals surface area contributed by atoms with Gasteiger partial charge < -0.3 is 14.4 Å². The van der Waals surface area contributed by atoms with Crippen molar-refractivity contribution in [2.45, 2.75) is 6.10 Å². The summed E-state index contributed by atoms with van der Waals surface area (Å²) in [6.07, 6.45) is 1.10. The third-order valence-corrected chi connectivity index (χ3v) is 6.65. The van der Waals surface area contributed by atoms with E-state index in [1.807, 2.05) is 18.2 Å². The summed E-state index contributed by atoms with van der Waals surface area (Å²) in [7, 11) is 1.60. The maximum atomic E-state index is 13.9. The fourth-order valence-electron chi connectivity index (χ4n) is 4.30. The fourth-order valence-corrected chi connectivity index (χ4v) is 4.55. The Morgan fingerprint density at radius 3 is 2.76 bits per heavy atom. The minimum Gasteiger partial charge on any atom is -0.481 e. The number of methoxy groups -OCH3 is 1. The molecule has 2 aromatic heterocycles. The highest BCUT2D eigenvalue weighted by atomic mass is 79.9. The van der Waals surface area contributed by atoms with E-state index in [1.165, 1.54) is 11.0 Å². The van der Waals surface area contributed by atoms with Crippen LogP contribution in [0.3, 0.4) is 0 Å². The van der Waals surface area contributed by atoms with Gasteiger partial charge in [-0.25, -0.2) is 14.2 Å². The Labute approximate surface area is 199 Å². The summed E-state index contributed by atoms with van der Waals surface area (Å²) in [6.45, 7) is 4.33. The number of hydrogen-bond donors (Lipinski definition) is 0. The highest BCUT2D eigenvalue weighted by Crippen LogP contribution is 2.28. The Morgan fingerprint density at radius 2 is 2.00 bits per heavy atom. The Kier molecular flexibility index (Phi) is 6.03. The van der Waals surface area contributed by atoms with Gasteiger partial charge in [0, 0.05) is 45.0 Å². The number of carbonyl (C=O) groups is 1. The number of halogens is 2. The van der Waals surface area contributed by atoms with Crippen LogP contribution in [0.2, 0.25) is 0 Å². The Hall–Kier alpha value is -2.98. The molecule has 0 spiro atoms. The van der Waals surface area contributed by atoms with E-state index in [4.69, 9.17) is 9.47 Å². The molecule has 0 bridgehead atoms. The molecule has 2 saturated heterocycles. The predicted octanol–water partition coefficient (Wildman–Crippen LogP) is 3.69. The van der Waals surface area contributed by atoms with Gasteiger partial charge >= 0.3 is 6.09 Å². The molecule has 0 saturated carbocycles. The summed E-state index contributed by atoms with van der Waals surface area (Å²) in [5, 5.41) is 0. The molecule has 2 aliphatic heterocycles. The molecule has 10 heteroatoms. The van der Waals surface area contributed by atoms with Gasteiger partial charge in [-0.1, -0.05) is 0 Å². The van der Waals surface area contributed by atoms with Gasteiger partial charge in [0.2, 0.25) is 5.88 Å². The van der Waals surface area contributed by atoms with Gasteiger partial charge in [0.05, 0.1) is 35.0 Å². The second-order valence-corrected chi connectivity index (χ2v) is 8.91. The number of carbonyl (C=O) groups excluding carboxylic acids is 1. The van der Waals surface area contributed by atoms with E-state index in [9.17, 15) is 9.18 Å². The van der Waals surface area contributed by atoms with Crippen LogP contribution in [0.25, 0.3) is 11.0 Å². The molecular formula is C23H23BrFN5O3. The van der Waals surface area contributed by atoms with Crippen LogP contribution in [0, 0.1) is 5.82 Å². The van der Waals surface area contributed by atoms with Crippen molar-refractivity contribution in [3.05, 3.63) is 52.9 Å². The zero-order valence-electron chi connectivity index (χ0n) is 18.1. The monoisotopic (exact) mass is 515 g/mol. The quantitative estimate of drug-likeness (QED) is 0.513. The maximum Gasteiger partial charge on any atom is 0.414 e. The Bertz CT molecular complexity index is 1190. The first kappa shape index (κ1) is 21.8. The molecule has 3 aromatic rings. The zero-order chi connectivity index (χ0) is 22.9. The van der Waals surface area contributed by atoms with Gasteiger partial charge in [-0.2, -0.15) is 0 Å². The molecule has 5 rings (SSSR count). The molecule has 1 amide bonds. The van der Waals surface area contributed by atoms with Crippen LogP contribution in [0.15, 0.2) is 47.1 Å². The lowest BCUT2D eigenvalue weighted by Gasteiger charge is -2.36. The number of fused-ring (bicyclic) bond motifs is 1. The van der Waals surface area contributed by atoms with Gasteiger partial charge in [0.25, 0.3) is 0 Å². The summed E-state index contributed by atoms with van der Waals surface area (Å²) in [6, 6.07) is 10.4. The molecule has 33 heavy (non-hydrogen) atoms. The molecule has 1 aromatic carbocycles. The lowest BCUT2D eigenvalue weighted by atomic mass is 10.2. The number of piperazine rings is 1. The maximum absolute atomic E-state index is 13.9. The van der Waals surface area contributed by atoms with Gasteiger partial charge in [0.1, 0.15) is 17.4 Å². The van der Waals surface area contributed by atoms with E-state index in [0.717, 1.165) is 42.9 Å². The second kappa shape index (κ2) is 9.11. The zero-order valence-corrected chi connectivity index (χ0v) is 19.7. The number of aromatic nitrogens is 2. The number of rotatable bonds is 5. The number of anilines is 2. The molecule has 1 atom stereocenters. The van der Waals surface area contributed by atoms with Crippen LogP contribution in [-0.4, -0.2) is 73.4 Å². The van der Waals surface area contributed by atoms with Crippen LogP contribution >= 0.6 is 15.9 Å². The van der Waals surface area contributed by atoms with Gasteiger partial charge in [-0.05, 0) is 46.3 Å². The van der Waals surface area contributed by atoms with Crippen molar-refractivity contribution >= 4 is 44.4 Å². The first-order valence-corrected chi connectivity index (χ1v) is 11.5. The van der Waals surface area contributed by atoms with Crippen molar-refractivity contribution in [3.8, 4) is 5.88 Å². The first-order valence-electron chi connectivity index (χ1n) is 10.7. The molecule has 0 N–H and O–H groups in total. The Morgan fingerprint density at radius 1 is 1.18 bits per heavy atom. The highest BCUT2D eigenvalue weighted by Gasteiger charge is 2.34. The van der Waals surface area contributed by atoms with E-state index < -0.39 is 11.9 Å². The molecule has 2 aliphatic rings. The lowest BCUT2D eigenvalue weighted by Crippen LogP contribution is -2.49. The molecule has 0 radical (unpaired) electrons. The summed E-state index contributed by atoms with van der Waals surface area (Å²) in [5.74, 6) is 0.157. The van der Waals surface area contributed by atoms with Crippen LogP contribution < -0.4 is 14.5 Å². The number of pyridine rings is 2. The van der Waals surface area contributed by atoms with Crippen LogP contribution in [-0.2, 0) is 4.74 Å². The normalized spacial score (nSPS) is 19.2. The number of nitrogens with zero attached hydrogens (tertiary/aromatic N) is 5. The van der Waals surface area contributed by atoms with Crippen LogP contribution in [0.4, 0.5) is 20.6 Å². The average Bonchev–Trinajstić information content (AvgIpc) is 3.20. The molecule has 0 aliphatic carbocycles. The predicted molar refractivity (Wildman–Crippen MR) is 126 cm³/mol. The second-order valence-electron chi connectivity index (χ2n) is 8.05. The van der Waals surface area contributed by atoms with Gasteiger partial charge in [-0.3, -0.25) is 14.8 Å². The number of amides is 1. The molecule has 2 fully saturated rings. The molecular weight excluding hydrogens is 493 g/mol. The number of cyclic esters (lactones) is 1. The van der Waals surface area contributed by atoms with Crippen molar-refractivity contribution in [2.24, 2.45) is 0 Å². The van der Waals surface area contributed by atoms with E-state index in [-0.39, 0.29) is 6.10 Å². The fraction of sp³-hybridized carbons (Fsp3) is 0.348. The van der Waals surface area contributed by atoms with Crippen LogP contribution in [0.1, 0.15) is 0 Å². The van der Waals surface area contributed by atoms with Crippen molar-refractivity contribution in [2.75, 3.05) is 56.2 Å². The van der Waals surface area contributed by atoms with Crippen LogP contribution in [0.5, 0.6) is 5.88 Å². The number of benzene rings is 1. The number of hydrogen-bond acceptors (Lipinski definition) is 7. The van der Waals surface area contributed by atoms with Crippen molar-refractivity contribution in [1.29, 1.82) is 0 Å². The SMILES string of the molecule is COc1ccc2nccc(N3CCN(CC4CN(c5ccc(Br)c(F)c5)C(=O)O4)CC3)c2n1. The van der Waals surface area contributed by atoms with E-state index in [0.29, 0.717) is 29.1 Å². The Balaban J connectivity index is 1.21. The summed E-state index contributed by atoms with van der Waals surface area (Å²) in [5.41, 5.74) is 3.19. The minimum atomic E-state index is -0.441. The largest absolute Gasteiger partial charge is 0.481 e. The smallest absolute Gasteiger partial charge is 0.414 e. The topological polar surface area (TPSA) is 71.0 Å². The molecule has 8 nitrogen and oxygen atoms in total. The standard InChI is InChI=1S/C23H23BrFN5O3/c1-32-21-5-4-19-22(27-21)20(6-7-26-19)29-10-8-28(9-11-29)13-16-14-30(23(31)33-16)15-2-3-17(24)18(25)12-15/h2-7,12,16H,8-11,13-14H2,1H3. The number of ether oxygens (including phenoxy) is 2. The van der Waals surface area contributed by atoms with Crippen molar-refractivity contribution in [1.82, 2.24) is 14.9 Å². The minimum absolute atomic E-state index is 0.261. The van der Waals surface area contributed by atoms with Gasteiger partial charge in [0.15, 0.2) is 0 Å². The highest BCUT2D eigenvalue weighted by molar-refractivity contribution is 9.10. The first-order chi connectivity index (χ1) is 16.0. The molecule has 1 unspecified atom stereocenters. The van der Waals surface area contributed by atoms with Gasteiger partial charge in [-0.15, -0.1) is 0 Å². The summed E-state index contributed by atoms with van der Waals surface area (Å²) < 4.78 is 25.1.